The summed E-state index contributed by atoms with van der Waals surface area (Å²) in [4.78, 5) is 25.3. The lowest BCUT2D eigenvalue weighted by molar-refractivity contribution is 0.0953. The van der Waals surface area contributed by atoms with E-state index in [1.165, 1.54) is 12.1 Å². The van der Waals surface area contributed by atoms with Gasteiger partial charge in [0.2, 0.25) is 0 Å². The fourth-order valence-electron chi connectivity index (χ4n) is 3.59. The second-order valence-electron chi connectivity index (χ2n) is 7.27. The lowest BCUT2D eigenvalue weighted by atomic mass is 9.93. The molecule has 0 atom stereocenters. The number of nitrogens with one attached hydrogen (secondary N) is 2. The lowest BCUT2D eigenvalue weighted by Crippen LogP contribution is -2.22. The van der Waals surface area contributed by atoms with E-state index in [1.54, 1.807) is 37.3 Å². The summed E-state index contributed by atoms with van der Waals surface area (Å²) in [5.74, 6) is -0.00219. The van der Waals surface area contributed by atoms with Gasteiger partial charge in [-0.1, -0.05) is 46.9 Å². The Morgan fingerprint density at radius 1 is 1.00 bits per heavy atom. The Labute approximate surface area is 199 Å². The van der Waals surface area contributed by atoms with Crippen molar-refractivity contribution in [3.05, 3.63) is 85.7 Å². The topological polar surface area (TPSA) is 83.7 Å². The van der Waals surface area contributed by atoms with Crippen LogP contribution in [0.1, 0.15) is 50.6 Å². The van der Waals surface area contributed by atoms with Gasteiger partial charge in [0, 0.05) is 22.6 Å². The minimum Gasteiger partial charge on any atom is -0.455 e. The van der Waals surface area contributed by atoms with Crippen LogP contribution in [0.25, 0.3) is 0 Å². The predicted octanol–water partition coefficient (Wildman–Crippen LogP) is 6.27. The summed E-state index contributed by atoms with van der Waals surface area (Å²) in [5, 5.41) is 8.18. The molecule has 2 aromatic carbocycles. The van der Waals surface area contributed by atoms with E-state index >= 15 is 0 Å². The molecule has 164 valence electrons. The number of furan rings is 1. The first-order chi connectivity index (χ1) is 15.3. The van der Waals surface area contributed by atoms with Gasteiger partial charge in [0.25, 0.3) is 11.8 Å². The number of nitrogens with zero attached hydrogens (tertiary/aromatic N) is 1. The first-order valence-corrected chi connectivity index (χ1v) is 11.0. The largest absolute Gasteiger partial charge is 0.455 e. The normalized spacial score (nSPS) is 14.2. The number of halogens is 3. The van der Waals surface area contributed by atoms with Crippen molar-refractivity contribution in [3.63, 3.8) is 0 Å². The molecule has 2 amide bonds. The fourth-order valence-corrected chi connectivity index (χ4v) is 4.27. The summed E-state index contributed by atoms with van der Waals surface area (Å²) in [6.07, 6.45) is 2.08. The van der Waals surface area contributed by atoms with Gasteiger partial charge in [-0.25, -0.2) is 5.43 Å². The highest BCUT2D eigenvalue weighted by Crippen LogP contribution is 2.31. The third kappa shape index (κ3) is 4.53. The van der Waals surface area contributed by atoms with Crippen LogP contribution in [-0.4, -0.2) is 17.5 Å². The zero-order valence-electron chi connectivity index (χ0n) is 17.0. The van der Waals surface area contributed by atoms with Gasteiger partial charge >= 0.3 is 0 Å². The van der Waals surface area contributed by atoms with Crippen molar-refractivity contribution < 1.29 is 14.0 Å². The quantitative estimate of drug-likeness (QED) is 0.423. The Morgan fingerprint density at radius 3 is 2.53 bits per heavy atom. The molecule has 3 aromatic rings. The average Bonchev–Trinajstić information content (AvgIpc) is 3.11. The predicted molar refractivity (Wildman–Crippen MR) is 126 cm³/mol. The Kier molecular flexibility index (Phi) is 6.55. The van der Waals surface area contributed by atoms with E-state index < -0.39 is 11.8 Å². The molecule has 1 aromatic heterocycles. The molecule has 0 spiro atoms. The Morgan fingerprint density at radius 2 is 1.78 bits per heavy atom. The van der Waals surface area contributed by atoms with Crippen molar-refractivity contribution in [1.82, 2.24) is 5.43 Å². The summed E-state index contributed by atoms with van der Waals surface area (Å²) in [6, 6.07) is 11.6. The summed E-state index contributed by atoms with van der Waals surface area (Å²) >= 11 is 18.1. The Bertz CT molecular complexity index is 1250. The van der Waals surface area contributed by atoms with E-state index in [9.17, 15) is 9.59 Å². The summed E-state index contributed by atoms with van der Waals surface area (Å²) in [7, 11) is 0. The molecule has 0 aliphatic heterocycles. The number of anilines is 1. The minimum absolute atomic E-state index is 0.191. The molecular formula is C23H18Cl3N3O3. The molecule has 0 radical (unpaired) electrons. The maximum atomic E-state index is 12.8. The molecule has 0 unspecified atom stereocenters. The fraction of sp³-hybridized carbons (Fsp3) is 0.174. The first-order valence-electron chi connectivity index (χ1n) is 9.85. The van der Waals surface area contributed by atoms with Crippen LogP contribution in [-0.2, 0) is 6.42 Å². The maximum Gasteiger partial charge on any atom is 0.291 e. The van der Waals surface area contributed by atoms with Gasteiger partial charge in [0.05, 0.1) is 27.0 Å². The van der Waals surface area contributed by atoms with Crippen molar-refractivity contribution in [1.29, 1.82) is 0 Å². The van der Waals surface area contributed by atoms with Crippen LogP contribution in [0.5, 0.6) is 0 Å². The van der Waals surface area contributed by atoms with Crippen LogP contribution in [0.15, 0.2) is 52.0 Å². The van der Waals surface area contributed by atoms with E-state index in [0.717, 1.165) is 12.0 Å². The molecule has 1 aliphatic rings. The van der Waals surface area contributed by atoms with E-state index in [-0.39, 0.29) is 16.3 Å². The van der Waals surface area contributed by atoms with Gasteiger partial charge in [0.1, 0.15) is 5.76 Å². The van der Waals surface area contributed by atoms with Crippen molar-refractivity contribution in [2.45, 2.75) is 26.2 Å². The van der Waals surface area contributed by atoms with E-state index in [4.69, 9.17) is 39.2 Å². The summed E-state index contributed by atoms with van der Waals surface area (Å²) in [5.41, 5.74) is 5.34. The van der Waals surface area contributed by atoms with Crippen LogP contribution in [0.2, 0.25) is 15.1 Å². The van der Waals surface area contributed by atoms with Gasteiger partial charge in [-0.05, 0) is 50.1 Å². The number of para-hydroxylation sites is 1. The zero-order valence-corrected chi connectivity index (χ0v) is 19.2. The number of carbonyl (C=O) groups excluding carboxylic acids is 2. The molecule has 0 saturated carbocycles. The second kappa shape index (κ2) is 9.36. The summed E-state index contributed by atoms with van der Waals surface area (Å²) < 4.78 is 5.88. The zero-order chi connectivity index (χ0) is 22.8. The van der Waals surface area contributed by atoms with E-state index in [2.05, 4.69) is 15.8 Å². The highest BCUT2D eigenvalue weighted by atomic mass is 35.5. The third-order valence-corrected chi connectivity index (χ3v) is 6.00. The number of carbonyl (C=O) groups is 2. The molecule has 4 rings (SSSR count). The standard InChI is InChI=1S/C23H18Cl3N3O3/c1-12-20-18(28-29-22(30)14-10-9-13(24)11-16(14)26)7-4-8-19(20)32-21(12)23(31)27-17-6-3-2-5-15(17)25/h2-3,5-6,9-11H,4,7-8H2,1H3,(H,27,31)(H,29,30)/b28-18+. The molecule has 32 heavy (non-hydrogen) atoms. The number of benzene rings is 2. The number of amides is 2. The van der Waals surface area contributed by atoms with Crippen LogP contribution < -0.4 is 10.7 Å². The molecule has 1 aliphatic carbocycles. The van der Waals surface area contributed by atoms with E-state index in [1.807, 2.05) is 0 Å². The maximum absolute atomic E-state index is 12.8. The van der Waals surface area contributed by atoms with Crippen LogP contribution in [0.3, 0.4) is 0 Å². The van der Waals surface area contributed by atoms with Gasteiger partial charge in [-0.2, -0.15) is 5.10 Å². The average molecular weight is 491 g/mol. The molecule has 6 nitrogen and oxygen atoms in total. The van der Waals surface area contributed by atoms with Gasteiger partial charge in [-0.3, -0.25) is 9.59 Å². The Balaban J connectivity index is 1.58. The molecular weight excluding hydrogens is 473 g/mol. The molecule has 0 fully saturated rings. The smallest absolute Gasteiger partial charge is 0.291 e. The molecule has 9 heteroatoms. The highest BCUT2D eigenvalue weighted by Gasteiger charge is 2.28. The lowest BCUT2D eigenvalue weighted by Gasteiger charge is -2.13. The molecule has 0 saturated heterocycles. The number of fused-ring (bicyclic) bond motifs is 1. The number of hydrogen-bond acceptors (Lipinski definition) is 4. The van der Waals surface area contributed by atoms with Gasteiger partial charge in [0.15, 0.2) is 5.76 Å². The highest BCUT2D eigenvalue weighted by molar-refractivity contribution is 6.36. The molecule has 1 heterocycles. The van der Waals surface area contributed by atoms with Crippen LogP contribution >= 0.6 is 34.8 Å². The molecule has 2 N–H and O–H groups in total. The molecule has 0 bridgehead atoms. The number of hydrogen-bond donors (Lipinski definition) is 2. The summed E-state index contributed by atoms with van der Waals surface area (Å²) in [6.45, 7) is 1.79. The second-order valence-corrected chi connectivity index (χ2v) is 8.52. The number of aryl methyl sites for hydroxylation is 1. The van der Waals surface area contributed by atoms with Gasteiger partial charge < -0.3 is 9.73 Å². The van der Waals surface area contributed by atoms with Crippen LogP contribution in [0, 0.1) is 6.92 Å². The van der Waals surface area contributed by atoms with Gasteiger partial charge in [-0.15, -0.1) is 0 Å². The minimum atomic E-state index is -0.455. The Hall–Kier alpha value is -2.80. The van der Waals surface area contributed by atoms with Crippen molar-refractivity contribution in [3.8, 4) is 0 Å². The van der Waals surface area contributed by atoms with Crippen molar-refractivity contribution in [2.75, 3.05) is 5.32 Å². The monoisotopic (exact) mass is 489 g/mol. The first kappa shape index (κ1) is 22.4. The van der Waals surface area contributed by atoms with E-state index in [0.29, 0.717) is 45.6 Å². The SMILES string of the molecule is Cc1c(C(=O)Nc2ccccc2Cl)oc2c1/C(=N/NC(=O)c1ccc(Cl)cc1Cl)CCC2. The van der Waals surface area contributed by atoms with Crippen molar-refractivity contribution >= 4 is 58.0 Å². The van der Waals surface area contributed by atoms with Crippen molar-refractivity contribution in [2.24, 2.45) is 5.10 Å². The third-order valence-electron chi connectivity index (χ3n) is 5.12. The number of hydrazone groups is 1. The number of rotatable bonds is 4. The van der Waals surface area contributed by atoms with Crippen LogP contribution in [0.4, 0.5) is 5.69 Å².